The number of hydrogen-bond acceptors (Lipinski definition) is 7. The predicted molar refractivity (Wildman–Crippen MR) is 99.6 cm³/mol. The standard InChI is InChI=1S/C18H25N5O4/c1-3-27-18(26)15-12(2)21-14(16(15)25)10-13(11-19)17(20)23-6-4-22(5-7-23)8-9-24/h10,20-21,24-25H,3-9H2,1-2H3/b13-10+,20-17?. The number of aryl methyl sites for hydroxylation is 1. The van der Waals surface area contributed by atoms with E-state index in [9.17, 15) is 15.2 Å². The Morgan fingerprint density at radius 3 is 2.63 bits per heavy atom. The summed E-state index contributed by atoms with van der Waals surface area (Å²) in [6.07, 6.45) is 1.37. The second-order valence-corrected chi connectivity index (χ2v) is 6.18. The second kappa shape index (κ2) is 9.21. The van der Waals surface area contributed by atoms with Gasteiger partial charge in [0.2, 0.25) is 0 Å². The topological polar surface area (TPSA) is 137 Å². The van der Waals surface area contributed by atoms with E-state index >= 15 is 0 Å². The fourth-order valence-electron chi connectivity index (χ4n) is 3.00. The number of nitrogens with zero attached hydrogens (tertiary/aromatic N) is 3. The summed E-state index contributed by atoms with van der Waals surface area (Å²) in [4.78, 5) is 18.7. The molecule has 0 amide bonds. The first-order valence-electron chi connectivity index (χ1n) is 8.80. The van der Waals surface area contributed by atoms with Crippen molar-refractivity contribution in [3.63, 3.8) is 0 Å². The molecule has 0 aromatic carbocycles. The highest BCUT2D eigenvalue weighted by Gasteiger charge is 2.24. The number of aromatic nitrogens is 1. The maximum atomic E-state index is 12.0. The summed E-state index contributed by atoms with van der Waals surface area (Å²) in [6.45, 7) is 6.70. The number of piperazine rings is 1. The van der Waals surface area contributed by atoms with E-state index in [1.54, 1.807) is 18.7 Å². The molecule has 9 nitrogen and oxygen atoms in total. The van der Waals surface area contributed by atoms with Crippen LogP contribution in [0.2, 0.25) is 0 Å². The van der Waals surface area contributed by atoms with Gasteiger partial charge < -0.3 is 24.8 Å². The molecule has 1 aliphatic rings. The van der Waals surface area contributed by atoms with Crippen LogP contribution in [0.25, 0.3) is 6.08 Å². The maximum absolute atomic E-state index is 12.0. The maximum Gasteiger partial charge on any atom is 0.343 e. The molecule has 0 atom stereocenters. The Balaban J connectivity index is 2.19. The fraction of sp³-hybridized carbons (Fsp3) is 0.500. The lowest BCUT2D eigenvalue weighted by molar-refractivity contribution is 0.0522. The van der Waals surface area contributed by atoms with Crippen LogP contribution in [-0.4, -0.2) is 82.7 Å². The molecular formula is C18H25N5O4. The SMILES string of the molecule is CCOC(=O)c1c(C)[nH]c(/C=C(\C#N)C(=N)N2CCN(CCO)CC2)c1O. The highest BCUT2D eigenvalue weighted by molar-refractivity contribution is 6.04. The number of ether oxygens (including phenoxy) is 1. The molecule has 27 heavy (non-hydrogen) atoms. The third kappa shape index (κ3) is 4.67. The first-order valence-corrected chi connectivity index (χ1v) is 8.80. The number of aromatic amines is 1. The molecule has 1 fully saturated rings. The summed E-state index contributed by atoms with van der Waals surface area (Å²) in [5.74, 6) is -0.873. The number of hydrogen-bond donors (Lipinski definition) is 4. The fourth-order valence-corrected chi connectivity index (χ4v) is 3.00. The lowest BCUT2D eigenvalue weighted by Crippen LogP contribution is -2.49. The number of carbonyl (C=O) groups is 1. The molecule has 2 heterocycles. The van der Waals surface area contributed by atoms with Gasteiger partial charge in [0.05, 0.1) is 24.5 Å². The number of nitriles is 1. The zero-order chi connectivity index (χ0) is 20.0. The normalized spacial score (nSPS) is 15.5. The number of β-amino-alcohol motifs (C(OH)–C–C–N with tert-alkyl or cyclic N) is 1. The van der Waals surface area contributed by atoms with Gasteiger partial charge in [0.25, 0.3) is 0 Å². The van der Waals surface area contributed by atoms with Gasteiger partial charge in [0.1, 0.15) is 17.5 Å². The molecule has 0 spiro atoms. The molecule has 0 bridgehead atoms. The van der Waals surface area contributed by atoms with Gasteiger partial charge in [-0.1, -0.05) is 0 Å². The average Bonchev–Trinajstić information content (AvgIpc) is 2.93. The molecule has 1 aromatic heterocycles. The number of aliphatic hydroxyl groups is 1. The van der Waals surface area contributed by atoms with Gasteiger partial charge >= 0.3 is 5.97 Å². The summed E-state index contributed by atoms with van der Waals surface area (Å²) in [5.41, 5.74) is 0.733. The Bertz CT molecular complexity index is 769. The smallest absolute Gasteiger partial charge is 0.343 e. The third-order valence-electron chi connectivity index (χ3n) is 4.44. The Kier molecular flexibility index (Phi) is 6.98. The zero-order valence-corrected chi connectivity index (χ0v) is 15.6. The van der Waals surface area contributed by atoms with Crippen LogP contribution in [0.1, 0.15) is 28.7 Å². The van der Waals surface area contributed by atoms with Crippen LogP contribution in [0.4, 0.5) is 0 Å². The summed E-state index contributed by atoms with van der Waals surface area (Å²) in [6, 6.07) is 1.99. The Labute approximate surface area is 158 Å². The molecule has 0 unspecified atom stereocenters. The molecule has 0 radical (unpaired) electrons. The Hall–Kier alpha value is -2.83. The highest BCUT2D eigenvalue weighted by atomic mass is 16.5. The van der Waals surface area contributed by atoms with Crippen molar-refractivity contribution in [3.8, 4) is 11.8 Å². The zero-order valence-electron chi connectivity index (χ0n) is 15.6. The van der Waals surface area contributed by atoms with E-state index < -0.39 is 5.97 Å². The third-order valence-corrected chi connectivity index (χ3v) is 4.44. The van der Waals surface area contributed by atoms with Crippen molar-refractivity contribution in [3.05, 3.63) is 22.5 Å². The van der Waals surface area contributed by atoms with Gasteiger partial charge in [0.15, 0.2) is 5.75 Å². The predicted octanol–water partition coefficient (Wildman–Crippen LogP) is 0.700. The molecule has 9 heteroatoms. The number of esters is 1. The minimum atomic E-state index is -0.642. The number of H-pyrrole nitrogens is 1. The summed E-state index contributed by atoms with van der Waals surface area (Å²) in [7, 11) is 0. The van der Waals surface area contributed by atoms with E-state index in [1.807, 2.05) is 6.07 Å². The van der Waals surface area contributed by atoms with Crippen LogP contribution in [0.15, 0.2) is 5.57 Å². The summed E-state index contributed by atoms with van der Waals surface area (Å²) >= 11 is 0. The van der Waals surface area contributed by atoms with Gasteiger partial charge in [-0.25, -0.2) is 4.79 Å². The number of rotatable bonds is 6. The number of carbonyl (C=O) groups excluding carboxylic acids is 1. The lowest BCUT2D eigenvalue weighted by atomic mass is 10.1. The number of aromatic hydroxyl groups is 1. The van der Waals surface area contributed by atoms with Gasteiger partial charge in [-0.2, -0.15) is 5.26 Å². The van der Waals surface area contributed by atoms with E-state index in [-0.39, 0.29) is 41.6 Å². The Morgan fingerprint density at radius 2 is 2.07 bits per heavy atom. The van der Waals surface area contributed by atoms with Gasteiger partial charge in [0, 0.05) is 38.4 Å². The van der Waals surface area contributed by atoms with Crippen molar-refractivity contribution in [2.24, 2.45) is 0 Å². The van der Waals surface area contributed by atoms with E-state index in [0.717, 1.165) is 0 Å². The van der Waals surface area contributed by atoms with Crippen LogP contribution < -0.4 is 0 Å². The van der Waals surface area contributed by atoms with Crippen molar-refractivity contribution in [1.29, 1.82) is 10.7 Å². The minimum Gasteiger partial charge on any atom is -0.505 e. The number of aliphatic hydroxyl groups excluding tert-OH is 1. The van der Waals surface area contributed by atoms with Crippen molar-refractivity contribution in [2.75, 3.05) is 45.9 Å². The Morgan fingerprint density at radius 1 is 1.41 bits per heavy atom. The van der Waals surface area contributed by atoms with Crippen LogP contribution in [0.3, 0.4) is 0 Å². The molecule has 1 aromatic rings. The van der Waals surface area contributed by atoms with Crippen molar-refractivity contribution in [2.45, 2.75) is 13.8 Å². The monoisotopic (exact) mass is 375 g/mol. The summed E-state index contributed by atoms with van der Waals surface area (Å²) < 4.78 is 4.93. The van der Waals surface area contributed by atoms with Gasteiger partial charge in [-0.05, 0) is 19.9 Å². The molecular weight excluding hydrogens is 350 g/mol. The molecule has 0 aliphatic carbocycles. The van der Waals surface area contributed by atoms with Crippen LogP contribution in [0.5, 0.6) is 5.75 Å². The molecule has 1 aliphatic heterocycles. The highest BCUT2D eigenvalue weighted by Crippen LogP contribution is 2.28. The van der Waals surface area contributed by atoms with E-state index in [0.29, 0.717) is 38.4 Å². The second-order valence-electron chi connectivity index (χ2n) is 6.18. The molecule has 1 saturated heterocycles. The average molecular weight is 375 g/mol. The van der Waals surface area contributed by atoms with E-state index in [1.165, 1.54) is 6.08 Å². The van der Waals surface area contributed by atoms with Crippen molar-refractivity contribution >= 4 is 17.9 Å². The van der Waals surface area contributed by atoms with Crippen LogP contribution in [0, 0.1) is 23.7 Å². The van der Waals surface area contributed by atoms with Gasteiger partial charge in [-0.3, -0.25) is 10.3 Å². The van der Waals surface area contributed by atoms with Crippen LogP contribution >= 0.6 is 0 Å². The number of nitrogens with one attached hydrogen (secondary N) is 2. The molecule has 4 N–H and O–H groups in total. The minimum absolute atomic E-state index is 0.0320. The van der Waals surface area contributed by atoms with Crippen LogP contribution in [-0.2, 0) is 4.74 Å². The quantitative estimate of drug-likeness (QED) is 0.249. The number of amidine groups is 1. The molecule has 146 valence electrons. The van der Waals surface area contributed by atoms with Crippen molar-refractivity contribution < 1.29 is 19.7 Å². The molecule has 2 rings (SSSR count). The van der Waals surface area contributed by atoms with E-state index in [4.69, 9.17) is 15.3 Å². The first-order chi connectivity index (χ1) is 12.9. The lowest BCUT2D eigenvalue weighted by Gasteiger charge is -2.35. The van der Waals surface area contributed by atoms with E-state index in [2.05, 4.69) is 9.88 Å². The van der Waals surface area contributed by atoms with Crippen molar-refractivity contribution in [1.82, 2.24) is 14.8 Å². The van der Waals surface area contributed by atoms with Gasteiger partial charge in [-0.15, -0.1) is 0 Å². The largest absolute Gasteiger partial charge is 0.505 e. The summed E-state index contributed by atoms with van der Waals surface area (Å²) in [5, 5.41) is 37.1. The first kappa shape index (κ1) is 20.5. The molecule has 0 saturated carbocycles.